The van der Waals surface area contributed by atoms with E-state index in [4.69, 9.17) is 0 Å². The van der Waals surface area contributed by atoms with Crippen LogP contribution in [0.4, 0.5) is 5.69 Å². The molecular formula is C20H17N5O2. The zero-order valence-corrected chi connectivity index (χ0v) is 14.9. The van der Waals surface area contributed by atoms with E-state index in [2.05, 4.69) is 15.4 Å². The molecule has 7 nitrogen and oxygen atoms in total. The molecule has 0 bridgehead atoms. The van der Waals surface area contributed by atoms with E-state index in [0.29, 0.717) is 23.3 Å². The lowest BCUT2D eigenvalue weighted by Gasteiger charge is -2.09. The first-order valence-corrected chi connectivity index (χ1v) is 8.38. The normalized spacial score (nSPS) is 10.9. The summed E-state index contributed by atoms with van der Waals surface area (Å²) < 4.78 is 3.65. The Morgan fingerprint density at radius 2 is 1.85 bits per heavy atom. The summed E-state index contributed by atoms with van der Waals surface area (Å²) in [7, 11) is 1.85. The molecule has 0 saturated carbocycles. The van der Waals surface area contributed by atoms with Crippen LogP contribution in [-0.2, 0) is 11.8 Å². The van der Waals surface area contributed by atoms with E-state index >= 15 is 0 Å². The van der Waals surface area contributed by atoms with Gasteiger partial charge in [0.15, 0.2) is 11.4 Å². The minimum Gasteiger partial charge on any atom is -0.326 e. The molecule has 27 heavy (non-hydrogen) atoms. The number of imidazole rings is 1. The van der Waals surface area contributed by atoms with E-state index in [1.54, 1.807) is 36.1 Å². The fourth-order valence-corrected chi connectivity index (χ4v) is 3.07. The van der Waals surface area contributed by atoms with Crippen LogP contribution < -0.4 is 5.32 Å². The largest absolute Gasteiger partial charge is 0.326 e. The zero-order valence-electron chi connectivity index (χ0n) is 14.9. The molecule has 0 spiro atoms. The Morgan fingerprint density at radius 1 is 1.07 bits per heavy atom. The van der Waals surface area contributed by atoms with Crippen LogP contribution in [0.5, 0.6) is 0 Å². The van der Waals surface area contributed by atoms with Crippen LogP contribution in [0.1, 0.15) is 17.3 Å². The standard InChI is InChI=1S/C20H17N5O2/c1-13(27)14-3-5-15(6-4-14)19-9-21-20-18(22-12-26)7-16(11-25(19)20)17-8-23-24(2)10-17/h3-12H,1-2H3,(H,22,26). The Kier molecular flexibility index (Phi) is 4.04. The van der Waals surface area contributed by atoms with Crippen LogP contribution in [0.15, 0.2) is 55.1 Å². The molecule has 1 aromatic carbocycles. The Balaban J connectivity index is 1.90. The van der Waals surface area contributed by atoms with Crippen molar-refractivity contribution in [1.82, 2.24) is 19.2 Å². The summed E-state index contributed by atoms with van der Waals surface area (Å²) >= 11 is 0. The van der Waals surface area contributed by atoms with Crippen LogP contribution in [0, 0.1) is 0 Å². The van der Waals surface area contributed by atoms with Gasteiger partial charge in [-0.25, -0.2) is 4.98 Å². The van der Waals surface area contributed by atoms with Gasteiger partial charge in [0.05, 0.1) is 23.8 Å². The maximum atomic E-state index is 11.5. The number of ketones is 1. The van der Waals surface area contributed by atoms with E-state index in [9.17, 15) is 9.59 Å². The molecule has 4 aromatic rings. The average molecular weight is 359 g/mol. The number of amides is 1. The highest BCUT2D eigenvalue weighted by molar-refractivity contribution is 5.94. The number of hydrogen-bond acceptors (Lipinski definition) is 4. The molecule has 0 aliphatic heterocycles. The van der Waals surface area contributed by atoms with Crippen molar-refractivity contribution in [1.29, 1.82) is 0 Å². The van der Waals surface area contributed by atoms with Gasteiger partial charge in [0.2, 0.25) is 6.41 Å². The Labute approximate surface area is 155 Å². The van der Waals surface area contributed by atoms with Crippen molar-refractivity contribution < 1.29 is 9.59 Å². The molecule has 0 unspecified atom stereocenters. The highest BCUT2D eigenvalue weighted by atomic mass is 16.1. The third-order valence-corrected chi connectivity index (χ3v) is 4.45. The third-order valence-electron chi connectivity index (χ3n) is 4.45. The topological polar surface area (TPSA) is 81.3 Å². The molecule has 4 rings (SSSR count). The van der Waals surface area contributed by atoms with Gasteiger partial charge < -0.3 is 5.32 Å². The average Bonchev–Trinajstić information content (AvgIpc) is 3.28. The number of fused-ring (bicyclic) bond motifs is 1. The number of Topliss-reactive ketones (excluding diaryl/α,β-unsaturated/α-hetero) is 1. The van der Waals surface area contributed by atoms with Gasteiger partial charge in [-0.1, -0.05) is 24.3 Å². The second-order valence-electron chi connectivity index (χ2n) is 6.28. The second kappa shape index (κ2) is 6.53. The Bertz CT molecular complexity index is 1160. The first kappa shape index (κ1) is 16.7. The van der Waals surface area contributed by atoms with Crippen LogP contribution >= 0.6 is 0 Å². The first-order chi connectivity index (χ1) is 13.1. The van der Waals surface area contributed by atoms with E-state index in [1.165, 1.54) is 0 Å². The Hall–Kier alpha value is -3.74. The van der Waals surface area contributed by atoms with E-state index < -0.39 is 0 Å². The molecule has 0 fully saturated rings. The maximum Gasteiger partial charge on any atom is 0.211 e. The molecule has 3 heterocycles. The molecule has 1 amide bonds. The number of anilines is 1. The molecular weight excluding hydrogens is 342 g/mol. The SMILES string of the molecule is CC(=O)c1ccc(-c2cnc3c(NC=O)cc(-c4cnn(C)c4)cn23)cc1. The number of aromatic nitrogens is 4. The predicted molar refractivity (Wildman–Crippen MR) is 103 cm³/mol. The number of nitrogens with one attached hydrogen (secondary N) is 1. The number of nitrogens with zero attached hydrogens (tertiary/aromatic N) is 4. The molecule has 134 valence electrons. The molecule has 3 aromatic heterocycles. The Morgan fingerprint density at radius 3 is 2.48 bits per heavy atom. The molecule has 7 heteroatoms. The highest BCUT2D eigenvalue weighted by Crippen LogP contribution is 2.30. The number of rotatable bonds is 5. The second-order valence-corrected chi connectivity index (χ2v) is 6.28. The summed E-state index contributed by atoms with van der Waals surface area (Å²) in [6, 6.07) is 9.25. The van der Waals surface area contributed by atoms with Crippen molar-refractivity contribution in [3.63, 3.8) is 0 Å². The zero-order chi connectivity index (χ0) is 19.0. The van der Waals surface area contributed by atoms with Crippen molar-refractivity contribution in [2.45, 2.75) is 6.92 Å². The number of carbonyl (C=O) groups excluding carboxylic acids is 2. The summed E-state index contributed by atoms with van der Waals surface area (Å²) in [5.74, 6) is 0.0241. The lowest BCUT2D eigenvalue weighted by Crippen LogP contribution is -1.99. The summed E-state index contributed by atoms with van der Waals surface area (Å²) in [6.45, 7) is 1.54. The molecule has 1 N–H and O–H groups in total. The van der Waals surface area contributed by atoms with E-state index in [0.717, 1.165) is 22.4 Å². The minimum atomic E-state index is 0.0241. The van der Waals surface area contributed by atoms with Crippen molar-refractivity contribution >= 4 is 23.5 Å². The summed E-state index contributed by atoms with van der Waals surface area (Å²) in [6.07, 6.45) is 8.03. The van der Waals surface area contributed by atoms with Crippen LogP contribution in [-0.4, -0.2) is 31.4 Å². The number of carbonyl (C=O) groups is 2. The fraction of sp³-hybridized carbons (Fsp3) is 0.100. The summed E-state index contributed by atoms with van der Waals surface area (Å²) in [5.41, 5.74) is 5.53. The molecule has 0 aliphatic rings. The van der Waals surface area contributed by atoms with Gasteiger partial charge in [0, 0.05) is 41.7 Å². The quantitative estimate of drug-likeness (QED) is 0.438. The van der Waals surface area contributed by atoms with Crippen LogP contribution in [0.25, 0.3) is 28.0 Å². The van der Waals surface area contributed by atoms with Crippen molar-refractivity contribution in [2.24, 2.45) is 7.05 Å². The third kappa shape index (κ3) is 2.99. The van der Waals surface area contributed by atoms with Crippen molar-refractivity contribution in [3.8, 4) is 22.4 Å². The lowest BCUT2D eigenvalue weighted by molar-refractivity contribution is -0.105. The number of aryl methyl sites for hydroxylation is 1. The summed E-state index contributed by atoms with van der Waals surface area (Å²) in [4.78, 5) is 27.0. The van der Waals surface area contributed by atoms with Crippen molar-refractivity contribution in [2.75, 3.05) is 5.32 Å². The van der Waals surface area contributed by atoms with E-state index in [-0.39, 0.29) is 5.78 Å². The van der Waals surface area contributed by atoms with Crippen LogP contribution in [0.3, 0.4) is 0 Å². The number of pyridine rings is 1. The molecule has 0 radical (unpaired) electrons. The maximum absolute atomic E-state index is 11.5. The van der Waals surface area contributed by atoms with Gasteiger partial charge in [-0.3, -0.25) is 18.7 Å². The number of hydrogen-bond donors (Lipinski definition) is 1. The monoisotopic (exact) mass is 359 g/mol. The van der Waals surface area contributed by atoms with Gasteiger partial charge in [-0.2, -0.15) is 5.10 Å². The van der Waals surface area contributed by atoms with Crippen molar-refractivity contribution in [3.05, 3.63) is 60.7 Å². The number of benzene rings is 1. The first-order valence-electron chi connectivity index (χ1n) is 8.38. The smallest absolute Gasteiger partial charge is 0.211 e. The van der Waals surface area contributed by atoms with Gasteiger partial charge >= 0.3 is 0 Å². The minimum absolute atomic E-state index is 0.0241. The summed E-state index contributed by atoms with van der Waals surface area (Å²) in [5, 5.41) is 6.93. The van der Waals surface area contributed by atoms with Gasteiger partial charge in [-0.05, 0) is 13.0 Å². The van der Waals surface area contributed by atoms with Gasteiger partial charge in [-0.15, -0.1) is 0 Å². The van der Waals surface area contributed by atoms with Crippen LogP contribution in [0.2, 0.25) is 0 Å². The highest BCUT2D eigenvalue weighted by Gasteiger charge is 2.13. The molecule has 0 atom stereocenters. The predicted octanol–water partition coefficient (Wildman–Crippen LogP) is 3.17. The van der Waals surface area contributed by atoms with E-state index in [1.807, 2.05) is 42.0 Å². The van der Waals surface area contributed by atoms with Gasteiger partial charge in [0.25, 0.3) is 0 Å². The fourth-order valence-electron chi connectivity index (χ4n) is 3.07. The van der Waals surface area contributed by atoms with Gasteiger partial charge in [0.1, 0.15) is 0 Å². The molecule has 0 aliphatic carbocycles. The lowest BCUT2D eigenvalue weighted by atomic mass is 10.1. The molecule has 0 saturated heterocycles.